The van der Waals surface area contributed by atoms with E-state index in [2.05, 4.69) is 0 Å². The maximum Gasteiger partial charge on any atom is 0.314 e. The third-order valence-electron chi connectivity index (χ3n) is 3.78. The molecule has 1 aliphatic carbocycles. The number of rotatable bonds is 3. The van der Waals surface area contributed by atoms with Crippen molar-refractivity contribution in [1.29, 1.82) is 0 Å². The summed E-state index contributed by atoms with van der Waals surface area (Å²) in [4.78, 5) is 11.3. The second-order valence-corrected chi connectivity index (χ2v) is 5.35. The Balaban J connectivity index is 1.96. The van der Waals surface area contributed by atoms with Crippen LogP contribution in [0, 0.1) is 0 Å². The van der Waals surface area contributed by atoms with Gasteiger partial charge in [-0.05, 0) is 30.0 Å². The fraction of sp³-hybridized carbons (Fsp3) is 0.188. The van der Waals surface area contributed by atoms with Gasteiger partial charge in [0, 0.05) is 10.6 Å². The topological polar surface area (TPSA) is 37.3 Å². The van der Waals surface area contributed by atoms with Gasteiger partial charge in [0.15, 0.2) is 0 Å². The molecule has 2 aromatic rings. The van der Waals surface area contributed by atoms with Gasteiger partial charge in [-0.25, -0.2) is 0 Å². The lowest BCUT2D eigenvalue weighted by Crippen LogP contribution is -2.19. The van der Waals surface area contributed by atoms with E-state index in [9.17, 15) is 9.90 Å². The molecule has 0 saturated heterocycles. The van der Waals surface area contributed by atoms with Gasteiger partial charge < -0.3 is 5.11 Å². The molecule has 0 heterocycles. The van der Waals surface area contributed by atoms with Crippen LogP contribution in [0.1, 0.15) is 18.4 Å². The number of halogens is 1. The van der Waals surface area contributed by atoms with Crippen molar-refractivity contribution in [2.24, 2.45) is 0 Å². The Labute approximate surface area is 116 Å². The zero-order valence-corrected chi connectivity index (χ0v) is 11.0. The summed E-state index contributed by atoms with van der Waals surface area (Å²) in [7, 11) is 0. The molecule has 1 aliphatic rings. The van der Waals surface area contributed by atoms with Gasteiger partial charge in [0.2, 0.25) is 0 Å². The summed E-state index contributed by atoms with van der Waals surface area (Å²) in [5.74, 6) is -0.724. The quantitative estimate of drug-likeness (QED) is 0.912. The molecule has 3 heteroatoms. The summed E-state index contributed by atoms with van der Waals surface area (Å²) < 4.78 is 0. The van der Waals surface area contributed by atoms with E-state index in [-0.39, 0.29) is 0 Å². The molecule has 0 spiro atoms. The van der Waals surface area contributed by atoms with Crippen molar-refractivity contribution >= 4 is 17.6 Å². The molecule has 0 amide bonds. The first-order valence-electron chi connectivity index (χ1n) is 6.22. The van der Waals surface area contributed by atoms with Gasteiger partial charge in [0.05, 0.1) is 5.41 Å². The van der Waals surface area contributed by atoms with E-state index < -0.39 is 11.4 Å². The molecule has 2 aromatic carbocycles. The predicted molar refractivity (Wildman–Crippen MR) is 75.4 cm³/mol. The number of benzene rings is 2. The van der Waals surface area contributed by atoms with E-state index in [0.29, 0.717) is 5.02 Å². The minimum Gasteiger partial charge on any atom is -0.481 e. The zero-order valence-electron chi connectivity index (χ0n) is 10.3. The van der Waals surface area contributed by atoms with Crippen molar-refractivity contribution in [3.05, 3.63) is 59.1 Å². The summed E-state index contributed by atoms with van der Waals surface area (Å²) in [5.41, 5.74) is 2.22. The molecule has 2 nitrogen and oxygen atoms in total. The molecule has 0 bridgehead atoms. The highest BCUT2D eigenvalue weighted by Crippen LogP contribution is 2.48. The molecule has 1 saturated carbocycles. The Morgan fingerprint density at radius 2 is 1.68 bits per heavy atom. The number of carboxylic acid groups (broad SMARTS) is 1. The van der Waals surface area contributed by atoms with Crippen LogP contribution in [0.15, 0.2) is 48.5 Å². The third-order valence-corrected chi connectivity index (χ3v) is 4.11. The van der Waals surface area contributed by atoms with Crippen molar-refractivity contribution in [2.45, 2.75) is 18.3 Å². The molecular formula is C16H13ClO2. The van der Waals surface area contributed by atoms with Crippen LogP contribution >= 0.6 is 11.6 Å². The molecule has 0 unspecified atom stereocenters. The highest BCUT2D eigenvalue weighted by molar-refractivity contribution is 6.33. The number of carbonyl (C=O) groups is 1. The standard InChI is InChI=1S/C16H13ClO2/c17-14-4-2-1-3-13(14)11-5-7-12(8-6-11)16(9-10-16)15(18)19/h1-8H,9-10H2,(H,18,19). The summed E-state index contributed by atoms with van der Waals surface area (Å²) in [6.45, 7) is 0. The van der Waals surface area contributed by atoms with Crippen molar-refractivity contribution in [3.63, 3.8) is 0 Å². The maximum atomic E-state index is 11.3. The molecule has 19 heavy (non-hydrogen) atoms. The average Bonchev–Trinajstić information content (AvgIpc) is 3.21. The lowest BCUT2D eigenvalue weighted by molar-refractivity contribution is -0.140. The minimum atomic E-state index is -0.724. The van der Waals surface area contributed by atoms with E-state index in [1.807, 2.05) is 48.5 Å². The predicted octanol–water partition coefficient (Wildman–Crippen LogP) is 4.12. The van der Waals surface area contributed by atoms with Crippen LogP contribution in [0.5, 0.6) is 0 Å². The van der Waals surface area contributed by atoms with Gasteiger partial charge in [-0.3, -0.25) is 4.79 Å². The summed E-state index contributed by atoms with van der Waals surface area (Å²) in [6.07, 6.45) is 1.46. The lowest BCUT2D eigenvalue weighted by atomic mass is 9.94. The first-order valence-corrected chi connectivity index (χ1v) is 6.60. The minimum absolute atomic E-state index is 0.640. The first-order chi connectivity index (χ1) is 9.13. The molecule has 0 aliphatic heterocycles. The van der Waals surface area contributed by atoms with Crippen molar-refractivity contribution in [1.82, 2.24) is 0 Å². The second kappa shape index (κ2) is 4.39. The Hall–Kier alpha value is -1.80. The summed E-state index contributed by atoms with van der Waals surface area (Å²) >= 11 is 6.16. The van der Waals surface area contributed by atoms with Crippen LogP contribution in [0.3, 0.4) is 0 Å². The fourth-order valence-corrected chi connectivity index (χ4v) is 2.66. The van der Waals surface area contributed by atoms with Gasteiger partial charge in [-0.1, -0.05) is 54.1 Å². The van der Waals surface area contributed by atoms with Gasteiger partial charge in [0.1, 0.15) is 0 Å². The van der Waals surface area contributed by atoms with Crippen LogP contribution in [-0.2, 0) is 10.2 Å². The maximum absolute atomic E-state index is 11.3. The normalized spacial score (nSPS) is 16.1. The van der Waals surface area contributed by atoms with Gasteiger partial charge >= 0.3 is 5.97 Å². The zero-order chi connectivity index (χ0) is 13.5. The van der Waals surface area contributed by atoms with Crippen molar-refractivity contribution < 1.29 is 9.90 Å². The molecule has 0 radical (unpaired) electrons. The molecule has 1 fully saturated rings. The molecule has 96 valence electrons. The number of carboxylic acids is 1. The molecular weight excluding hydrogens is 260 g/mol. The highest BCUT2D eigenvalue weighted by Gasteiger charge is 2.51. The Bertz CT molecular complexity index is 627. The largest absolute Gasteiger partial charge is 0.481 e. The van der Waals surface area contributed by atoms with E-state index in [4.69, 9.17) is 11.6 Å². The average molecular weight is 273 g/mol. The first kappa shape index (κ1) is 12.2. The number of hydrogen-bond donors (Lipinski definition) is 1. The van der Waals surface area contributed by atoms with Crippen LogP contribution in [0.2, 0.25) is 5.02 Å². The van der Waals surface area contributed by atoms with Crippen molar-refractivity contribution in [3.8, 4) is 11.1 Å². The third kappa shape index (κ3) is 2.02. The van der Waals surface area contributed by atoms with E-state index in [1.165, 1.54) is 0 Å². The fourth-order valence-electron chi connectivity index (χ4n) is 2.42. The lowest BCUT2D eigenvalue weighted by Gasteiger charge is -2.11. The summed E-state index contributed by atoms with van der Waals surface area (Å²) in [6, 6.07) is 15.3. The van der Waals surface area contributed by atoms with Crippen molar-refractivity contribution in [2.75, 3.05) is 0 Å². The molecule has 0 atom stereocenters. The summed E-state index contributed by atoms with van der Waals surface area (Å²) in [5, 5.41) is 9.97. The molecule has 0 aromatic heterocycles. The molecule has 1 N–H and O–H groups in total. The van der Waals surface area contributed by atoms with Crippen LogP contribution in [0.25, 0.3) is 11.1 Å². The second-order valence-electron chi connectivity index (χ2n) is 4.94. The van der Waals surface area contributed by atoms with E-state index >= 15 is 0 Å². The Morgan fingerprint density at radius 3 is 2.21 bits per heavy atom. The highest BCUT2D eigenvalue weighted by atomic mass is 35.5. The van der Waals surface area contributed by atoms with Gasteiger partial charge in [-0.15, -0.1) is 0 Å². The Kier molecular flexibility index (Phi) is 2.83. The number of aliphatic carboxylic acids is 1. The SMILES string of the molecule is O=C(O)C1(c2ccc(-c3ccccc3Cl)cc2)CC1. The van der Waals surface area contributed by atoms with Crippen LogP contribution in [-0.4, -0.2) is 11.1 Å². The van der Waals surface area contributed by atoms with Crippen LogP contribution in [0.4, 0.5) is 0 Å². The molecule has 3 rings (SSSR count). The van der Waals surface area contributed by atoms with Crippen LogP contribution < -0.4 is 0 Å². The Morgan fingerprint density at radius 1 is 1.05 bits per heavy atom. The van der Waals surface area contributed by atoms with Gasteiger partial charge in [-0.2, -0.15) is 0 Å². The van der Waals surface area contributed by atoms with E-state index in [0.717, 1.165) is 29.5 Å². The monoisotopic (exact) mass is 272 g/mol. The smallest absolute Gasteiger partial charge is 0.314 e. The van der Waals surface area contributed by atoms with E-state index in [1.54, 1.807) is 0 Å². The van der Waals surface area contributed by atoms with Gasteiger partial charge in [0.25, 0.3) is 0 Å². The number of hydrogen-bond acceptors (Lipinski definition) is 1.